The number of ether oxygens (including phenoxy) is 2. The molecule has 116 valence electrons. The molecule has 1 amide bonds. The molecule has 1 aliphatic rings. The summed E-state index contributed by atoms with van der Waals surface area (Å²) in [5, 5.41) is 10.4. The second-order valence-electron chi connectivity index (χ2n) is 5.28. The SMILES string of the molecule is COc1ccc(C(O)CN2CCCCCC2=O)cc1OC. The highest BCUT2D eigenvalue weighted by atomic mass is 16.5. The molecule has 1 saturated heterocycles. The van der Waals surface area contributed by atoms with E-state index in [9.17, 15) is 9.90 Å². The van der Waals surface area contributed by atoms with Crippen molar-refractivity contribution in [3.8, 4) is 11.5 Å². The van der Waals surface area contributed by atoms with Crippen LogP contribution in [0.15, 0.2) is 18.2 Å². The third-order valence-corrected chi connectivity index (χ3v) is 3.86. The standard InChI is InChI=1S/C16H23NO4/c1-20-14-8-7-12(10-15(14)21-2)13(18)11-17-9-5-3-4-6-16(17)19/h7-8,10,13,18H,3-6,9,11H2,1-2H3. The third-order valence-electron chi connectivity index (χ3n) is 3.86. The summed E-state index contributed by atoms with van der Waals surface area (Å²) < 4.78 is 10.4. The number of hydrogen-bond acceptors (Lipinski definition) is 4. The lowest BCUT2D eigenvalue weighted by molar-refractivity contribution is -0.132. The molecule has 1 N–H and O–H groups in total. The van der Waals surface area contributed by atoms with Crippen LogP contribution in [0.1, 0.15) is 37.4 Å². The Morgan fingerprint density at radius 1 is 1.19 bits per heavy atom. The molecule has 1 unspecified atom stereocenters. The van der Waals surface area contributed by atoms with Crippen LogP contribution in [-0.4, -0.2) is 43.2 Å². The molecule has 1 aromatic rings. The van der Waals surface area contributed by atoms with E-state index in [0.29, 0.717) is 24.5 Å². The van der Waals surface area contributed by atoms with E-state index in [1.54, 1.807) is 37.3 Å². The number of nitrogens with zero attached hydrogens (tertiary/aromatic N) is 1. The quantitative estimate of drug-likeness (QED) is 0.903. The highest BCUT2D eigenvalue weighted by Crippen LogP contribution is 2.30. The second kappa shape index (κ2) is 7.31. The molecule has 21 heavy (non-hydrogen) atoms. The first-order valence-corrected chi connectivity index (χ1v) is 7.33. The summed E-state index contributed by atoms with van der Waals surface area (Å²) in [7, 11) is 3.14. The van der Waals surface area contributed by atoms with Crippen molar-refractivity contribution < 1.29 is 19.4 Å². The van der Waals surface area contributed by atoms with Gasteiger partial charge in [-0.1, -0.05) is 12.5 Å². The number of aliphatic hydroxyl groups excluding tert-OH is 1. The first-order valence-electron chi connectivity index (χ1n) is 7.33. The van der Waals surface area contributed by atoms with E-state index in [2.05, 4.69) is 0 Å². The highest BCUT2D eigenvalue weighted by Gasteiger charge is 2.21. The Balaban J connectivity index is 2.08. The predicted molar refractivity (Wildman–Crippen MR) is 79.6 cm³/mol. The number of benzene rings is 1. The van der Waals surface area contributed by atoms with Crippen molar-refractivity contribution in [3.05, 3.63) is 23.8 Å². The molecule has 1 aliphatic heterocycles. The van der Waals surface area contributed by atoms with Gasteiger partial charge in [-0.2, -0.15) is 0 Å². The Labute approximate surface area is 125 Å². The largest absolute Gasteiger partial charge is 0.493 e. The van der Waals surface area contributed by atoms with Crippen molar-refractivity contribution in [1.82, 2.24) is 4.90 Å². The Hall–Kier alpha value is -1.75. The molecule has 5 heteroatoms. The van der Waals surface area contributed by atoms with Crippen LogP contribution in [0.5, 0.6) is 11.5 Å². The zero-order valence-electron chi connectivity index (χ0n) is 12.7. The second-order valence-corrected chi connectivity index (χ2v) is 5.28. The van der Waals surface area contributed by atoms with Crippen molar-refractivity contribution in [2.45, 2.75) is 31.8 Å². The molecule has 1 atom stereocenters. The van der Waals surface area contributed by atoms with Crippen LogP contribution in [0.4, 0.5) is 0 Å². The molecular formula is C16H23NO4. The fraction of sp³-hybridized carbons (Fsp3) is 0.562. The summed E-state index contributed by atoms with van der Waals surface area (Å²) in [5.41, 5.74) is 0.727. The summed E-state index contributed by atoms with van der Waals surface area (Å²) in [6, 6.07) is 5.32. The molecular weight excluding hydrogens is 270 g/mol. The van der Waals surface area contributed by atoms with Crippen LogP contribution < -0.4 is 9.47 Å². The first-order chi connectivity index (χ1) is 10.2. The fourth-order valence-corrected chi connectivity index (χ4v) is 2.61. The highest BCUT2D eigenvalue weighted by molar-refractivity contribution is 5.76. The topological polar surface area (TPSA) is 59.0 Å². The van der Waals surface area contributed by atoms with Crippen molar-refractivity contribution >= 4 is 5.91 Å². The van der Waals surface area contributed by atoms with Gasteiger partial charge in [0.1, 0.15) is 0 Å². The van der Waals surface area contributed by atoms with Gasteiger partial charge in [0.15, 0.2) is 11.5 Å². The minimum atomic E-state index is -0.716. The number of hydrogen-bond donors (Lipinski definition) is 1. The van der Waals surface area contributed by atoms with E-state index >= 15 is 0 Å². The molecule has 0 radical (unpaired) electrons. The van der Waals surface area contributed by atoms with Gasteiger partial charge in [0, 0.05) is 13.0 Å². The lowest BCUT2D eigenvalue weighted by atomic mass is 10.1. The Morgan fingerprint density at radius 3 is 2.67 bits per heavy atom. The zero-order valence-corrected chi connectivity index (χ0v) is 12.7. The van der Waals surface area contributed by atoms with Crippen molar-refractivity contribution in [2.24, 2.45) is 0 Å². The van der Waals surface area contributed by atoms with E-state index in [4.69, 9.17) is 9.47 Å². The number of methoxy groups -OCH3 is 2. The van der Waals surface area contributed by atoms with Crippen LogP contribution >= 0.6 is 0 Å². The summed E-state index contributed by atoms with van der Waals surface area (Å²) in [6.07, 6.45) is 2.89. The van der Waals surface area contributed by atoms with Gasteiger partial charge in [-0.25, -0.2) is 0 Å². The van der Waals surface area contributed by atoms with Crippen LogP contribution in [0.2, 0.25) is 0 Å². The molecule has 0 saturated carbocycles. The maximum Gasteiger partial charge on any atom is 0.222 e. The van der Waals surface area contributed by atoms with Crippen LogP contribution in [0.25, 0.3) is 0 Å². The van der Waals surface area contributed by atoms with Gasteiger partial charge in [0.2, 0.25) is 5.91 Å². The predicted octanol–water partition coefficient (Wildman–Crippen LogP) is 2.14. The number of amides is 1. The van der Waals surface area contributed by atoms with Crippen molar-refractivity contribution in [2.75, 3.05) is 27.3 Å². The number of carbonyl (C=O) groups excluding carboxylic acids is 1. The normalized spacial score (nSPS) is 17.3. The van der Waals surface area contributed by atoms with E-state index in [0.717, 1.165) is 31.4 Å². The average molecular weight is 293 g/mol. The van der Waals surface area contributed by atoms with Crippen molar-refractivity contribution in [3.63, 3.8) is 0 Å². The van der Waals surface area contributed by atoms with E-state index < -0.39 is 6.10 Å². The van der Waals surface area contributed by atoms with E-state index in [1.165, 1.54) is 0 Å². The fourth-order valence-electron chi connectivity index (χ4n) is 2.61. The van der Waals surface area contributed by atoms with Crippen LogP contribution in [-0.2, 0) is 4.79 Å². The number of rotatable bonds is 5. The number of β-amino-alcohol motifs (C(OH)–C–C–N with tert-alkyl or cyclic N) is 1. The van der Waals surface area contributed by atoms with Gasteiger partial charge in [-0.05, 0) is 30.5 Å². The molecule has 1 heterocycles. The van der Waals surface area contributed by atoms with Gasteiger partial charge in [-0.15, -0.1) is 0 Å². The minimum absolute atomic E-state index is 0.132. The lowest BCUT2D eigenvalue weighted by Crippen LogP contribution is -2.34. The smallest absolute Gasteiger partial charge is 0.222 e. The molecule has 0 spiro atoms. The molecule has 0 aliphatic carbocycles. The average Bonchev–Trinajstić information content (AvgIpc) is 2.71. The zero-order chi connectivity index (χ0) is 15.2. The number of likely N-dealkylation sites (tertiary alicyclic amines) is 1. The third kappa shape index (κ3) is 3.88. The number of aliphatic hydroxyl groups is 1. The molecule has 0 aromatic heterocycles. The maximum absolute atomic E-state index is 12.0. The van der Waals surface area contributed by atoms with Gasteiger partial charge >= 0.3 is 0 Å². The Bertz CT molecular complexity index is 489. The summed E-state index contributed by atoms with van der Waals surface area (Å²) in [6.45, 7) is 1.05. The minimum Gasteiger partial charge on any atom is -0.493 e. The lowest BCUT2D eigenvalue weighted by Gasteiger charge is -2.24. The first kappa shape index (κ1) is 15.6. The molecule has 1 aromatic carbocycles. The summed E-state index contributed by atoms with van der Waals surface area (Å²) in [4.78, 5) is 13.7. The van der Waals surface area contributed by atoms with E-state index in [1.807, 2.05) is 0 Å². The maximum atomic E-state index is 12.0. The van der Waals surface area contributed by atoms with Gasteiger partial charge in [0.25, 0.3) is 0 Å². The summed E-state index contributed by atoms with van der Waals surface area (Å²) >= 11 is 0. The van der Waals surface area contributed by atoms with Gasteiger partial charge < -0.3 is 19.5 Å². The molecule has 1 fully saturated rings. The summed E-state index contributed by atoms with van der Waals surface area (Å²) in [5.74, 6) is 1.34. The monoisotopic (exact) mass is 293 g/mol. The van der Waals surface area contributed by atoms with Gasteiger partial charge in [-0.3, -0.25) is 4.79 Å². The van der Waals surface area contributed by atoms with E-state index in [-0.39, 0.29) is 5.91 Å². The number of carbonyl (C=O) groups is 1. The molecule has 5 nitrogen and oxygen atoms in total. The molecule has 0 bridgehead atoms. The molecule has 2 rings (SSSR count). The Morgan fingerprint density at radius 2 is 1.95 bits per heavy atom. The van der Waals surface area contributed by atoms with Crippen LogP contribution in [0.3, 0.4) is 0 Å². The van der Waals surface area contributed by atoms with Gasteiger partial charge in [0.05, 0.1) is 26.9 Å². The van der Waals surface area contributed by atoms with Crippen LogP contribution in [0, 0.1) is 0 Å². The van der Waals surface area contributed by atoms with Crippen molar-refractivity contribution in [1.29, 1.82) is 0 Å². The Kier molecular flexibility index (Phi) is 5.44.